The fourth-order valence-electron chi connectivity index (χ4n) is 3.54. The molecule has 2 aliphatic rings. The summed E-state index contributed by atoms with van der Waals surface area (Å²) in [6, 6.07) is 2.67. The van der Waals surface area contributed by atoms with Crippen LogP contribution in [0.4, 0.5) is 4.79 Å². The molecule has 4 amide bonds. The highest BCUT2D eigenvalue weighted by molar-refractivity contribution is 5.97. The minimum atomic E-state index is -0.426. The molecule has 8 heteroatoms. The van der Waals surface area contributed by atoms with Crippen molar-refractivity contribution in [1.82, 2.24) is 20.4 Å². The van der Waals surface area contributed by atoms with Gasteiger partial charge in [0.2, 0.25) is 5.91 Å². The second-order valence-electron chi connectivity index (χ2n) is 6.93. The summed E-state index contributed by atoms with van der Waals surface area (Å²) in [5, 5.41) is 5.29. The molecule has 0 aromatic carbocycles. The molecule has 1 aromatic rings. The Kier molecular flexibility index (Phi) is 5.92. The van der Waals surface area contributed by atoms with Crippen LogP contribution in [-0.4, -0.2) is 65.9 Å². The van der Waals surface area contributed by atoms with E-state index >= 15 is 0 Å². The maximum Gasteiger partial charge on any atom is 0.321 e. The fourth-order valence-corrected chi connectivity index (χ4v) is 3.54. The predicted molar refractivity (Wildman–Crippen MR) is 94.6 cm³/mol. The van der Waals surface area contributed by atoms with Crippen molar-refractivity contribution in [3.05, 3.63) is 24.2 Å². The quantitative estimate of drug-likeness (QED) is 0.839. The third kappa shape index (κ3) is 4.43. The van der Waals surface area contributed by atoms with Gasteiger partial charge in [-0.2, -0.15) is 0 Å². The molecule has 2 heterocycles. The Labute approximate surface area is 152 Å². The molecule has 1 aliphatic heterocycles. The van der Waals surface area contributed by atoms with E-state index in [0.29, 0.717) is 31.9 Å². The Morgan fingerprint density at radius 3 is 2.46 bits per heavy atom. The van der Waals surface area contributed by atoms with Crippen molar-refractivity contribution < 1.29 is 18.8 Å². The van der Waals surface area contributed by atoms with Crippen LogP contribution < -0.4 is 10.6 Å². The monoisotopic (exact) mass is 362 g/mol. The van der Waals surface area contributed by atoms with Crippen molar-refractivity contribution in [3.63, 3.8) is 0 Å². The number of nitrogens with zero attached hydrogens (tertiary/aromatic N) is 2. The molecule has 1 aliphatic carbocycles. The van der Waals surface area contributed by atoms with Crippen molar-refractivity contribution in [1.29, 1.82) is 0 Å². The average molecular weight is 362 g/mol. The van der Waals surface area contributed by atoms with Crippen LogP contribution >= 0.6 is 0 Å². The number of carbonyl (C=O) groups excluding carboxylic acids is 3. The zero-order valence-corrected chi connectivity index (χ0v) is 15.1. The summed E-state index contributed by atoms with van der Waals surface area (Å²) in [5.41, 5.74) is 0. The van der Waals surface area contributed by atoms with Crippen LogP contribution in [0.5, 0.6) is 0 Å². The predicted octanol–water partition coefficient (Wildman–Crippen LogP) is 1.19. The van der Waals surface area contributed by atoms with E-state index in [-0.39, 0.29) is 17.9 Å². The summed E-state index contributed by atoms with van der Waals surface area (Å²) in [6.45, 7) is 3.97. The number of rotatable bonds is 4. The summed E-state index contributed by atoms with van der Waals surface area (Å²) < 4.78 is 5.15. The topological polar surface area (TPSA) is 94.9 Å². The van der Waals surface area contributed by atoms with E-state index in [0.717, 1.165) is 25.7 Å². The lowest BCUT2D eigenvalue weighted by Gasteiger charge is -2.37. The first-order valence-corrected chi connectivity index (χ1v) is 9.23. The van der Waals surface area contributed by atoms with E-state index in [9.17, 15) is 14.4 Å². The number of furan rings is 1. The third-order valence-electron chi connectivity index (χ3n) is 5.19. The molecule has 0 bridgehead atoms. The Hall–Kier alpha value is -2.35. The lowest BCUT2D eigenvalue weighted by Crippen LogP contribution is -2.56. The van der Waals surface area contributed by atoms with Crippen LogP contribution in [0.2, 0.25) is 0 Å². The summed E-state index contributed by atoms with van der Waals surface area (Å²) >= 11 is 0. The highest BCUT2D eigenvalue weighted by Crippen LogP contribution is 2.17. The van der Waals surface area contributed by atoms with Crippen LogP contribution in [0.15, 0.2) is 22.8 Å². The van der Waals surface area contributed by atoms with E-state index in [1.165, 1.54) is 6.26 Å². The number of hydrogen-bond donors (Lipinski definition) is 2. The second kappa shape index (κ2) is 8.35. The standard InChI is InChI=1S/C18H26N4O4/c1-13(16(23)20-18(25)19-14-5-2-3-6-14)21-8-10-22(11-9-21)17(24)15-7-4-12-26-15/h4,7,12-14H,2-3,5-6,8-11H2,1H3,(H2,19,20,23,25)/t13-/m1/s1. The molecule has 2 N–H and O–H groups in total. The molecule has 2 fully saturated rings. The smallest absolute Gasteiger partial charge is 0.321 e. The minimum Gasteiger partial charge on any atom is -0.459 e. The molecule has 1 saturated heterocycles. The van der Waals surface area contributed by atoms with E-state index in [2.05, 4.69) is 10.6 Å². The summed E-state index contributed by atoms with van der Waals surface area (Å²) in [4.78, 5) is 40.2. The van der Waals surface area contributed by atoms with Gasteiger partial charge in [-0.25, -0.2) is 4.79 Å². The minimum absolute atomic E-state index is 0.136. The SMILES string of the molecule is C[C@H](C(=O)NC(=O)NC1CCCC1)N1CCN(C(=O)c2ccco2)CC1. The summed E-state index contributed by atoms with van der Waals surface area (Å²) in [7, 11) is 0. The van der Waals surface area contributed by atoms with Gasteiger partial charge in [0.1, 0.15) is 0 Å². The van der Waals surface area contributed by atoms with Crippen LogP contribution in [-0.2, 0) is 4.79 Å². The zero-order valence-electron chi connectivity index (χ0n) is 15.1. The van der Waals surface area contributed by atoms with Gasteiger partial charge in [-0.15, -0.1) is 0 Å². The van der Waals surface area contributed by atoms with Gasteiger partial charge in [0, 0.05) is 32.2 Å². The van der Waals surface area contributed by atoms with Gasteiger partial charge in [0.25, 0.3) is 5.91 Å². The fraction of sp³-hybridized carbons (Fsp3) is 0.611. The number of hydrogen-bond acceptors (Lipinski definition) is 5. The van der Waals surface area contributed by atoms with Crippen LogP contribution in [0.3, 0.4) is 0 Å². The Balaban J connectivity index is 1.43. The highest BCUT2D eigenvalue weighted by Gasteiger charge is 2.29. The first-order chi connectivity index (χ1) is 12.5. The largest absolute Gasteiger partial charge is 0.459 e. The van der Waals surface area contributed by atoms with E-state index in [1.807, 2.05) is 4.90 Å². The molecular weight excluding hydrogens is 336 g/mol. The van der Waals surface area contributed by atoms with Crippen molar-refractivity contribution in [2.24, 2.45) is 0 Å². The molecule has 142 valence electrons. The van der Waals surface area contributed by atoms with Crippen molar-refractivity contribution >= 4 is 17.8 Å². The van der Waals surface area contributed by atoms with Gasteiger partial charge >= 0.3 is 6.03 Å². The molecular formula is C18H26N4O4. The second-order valence-corrected chi connectivity index (χ2v) is 6.93. The van der Waals surface area contributed by atoms with Gasteiger partial charge in [0.15, 0.2) is 5.76 Å². The van der Waals surface area contributed by atoms with Crippen molar-refractivity contribution in [2.45, 2.75) is 44.7 Å². The Bertz CT molecular complexity index is 632. The van der Waals surface area contributed by atoms with Crippen LogP contribution in [0, 0.1) is 0 Å². The maximum absolute atomic E-state index is 12.3. The van der Waals surface area contributed by atoms with Gasteiger partial charge in [-0.1, -0.05) is 12.8 Å². The number of urea groups is 1. The number of piperazine rings is 1. The normalized spacial score (nSPS) is 20.0. The average Bonchev–Trinajstić information content (AvgIpc) is 3.34. The molecule has 1 saturated carbocycles. The first-order valence-electron chi connectivity index (χ1n) is 9.23. The number of imide groups is 1. The van der Waals surface area contributed by atoms with Gasteiger partial charge in [0.05, 0.1) is 12.3 Å². The number of carbonyl (C=O) groups is 3. The van der Waals surface area contributed by atoms with E-state index in [4.69, 9.17) is 4.42 Å². The molecule has 1 atom stereocenters. The zero-order chi connectivity index (χ0) is 18.5. The van der Waals surface area contributed by atoms with E-state index in [1.54, 1.807) is 24.0 Å². The molecule has 1 aromatic heterocycles. The van der Waals surface area contributed by atoms with Crippen molar-refractivity contribution in [2.75, 3.05) is 26.2 Å². The molecule has 0 radical (unpaired) electrons. The lowest BCUT2D eigenvalue weighted by atomic mass is 10.2. The third-order valence-corrected chi connectivity index (χ3v) is 5.19. The van der Waals surface area contributed by atoms with Gasteiger partial charge in [-0.3, -0.25) is 19.8 Å². The summed E-state index contributed by atoms with van der Waals surface area (Å²) in [5.74, 6) is -0.123. The molecule has 0 unspecified atom stereocenters. The lowest BCUT2D eigenvalue weighted by molar-refractivity contribution is -0.125. The Morgan fingerprint density at radius 2 is 1.85 bits per heavy atom. The molecule has 3 rings (SSSR count). The first kappa shape index (κ1) is 18.4. The Morgan fingerprint density at radius 1 is 1.15 bits per heavy atom. The highest BCUT2D eigenvalue weighted by atomic mass is 16.3. The molecule has 26 heavy (non-hydrogen) atoms. The van der Waals surface area contributed by atoms with E-state index < -0.39 is 12.1 Å². The van der Waals surface area contributed by atoms with Gasteiger partial charge in [-0.05, 0) is 31.9 Å². The van der Waals surface area contributed by atoms with Crippen LogP contribution in [0.25, 0.3) is 0 Å². The number of nitrogens with one attached hydrogen (secondary N) is 2. The van der Waals surface area contributed by atoms with Gasteiger partial charge < -0.3 is 14.6 Å². The maximum atomic E-state index is 12.3. The molecule has 0 spiro atoms. The van der Waals surface area contributed by atoms with Crippen LogP contribution in [0.1, 0.15) is 43.2 Å². The number of amides is 4. The molecule has 8 nitrogen and oxygen atoms in total. The summed E-state index contributed by atoms with van der Waals surface area (Å²) in [6.07, 6.45) is 5.67. The van der Waals surface area contributed by atoms with Crippen molar-refractivity contribution in [3.8, 4) is 0 Å².